The van der Waals surface area contributed by atoms with Crippen LogP contribution in [0.15, 0.2) is 6.20 Å². The fourth-order valence-corrected chi connectivity index (χ4v) is 3.09. The average molecular weight is 334 g/mol. The van der Waals surface area contributed by atoms with E-state index in [-0.39, 0.29) is 6.61 Å². The summed E-state index contributed by atoms with van der Waals surface area (Å²) in [6.45, 7) is 6.55. The van der Waals surface area contributed by atoms with E-state index in [2.05, 4.69) is 27.3 Å². The van der Waals surface area contributed by atoms with Crippen LogP contribution in [0.4, 0.5) is 5.82 Å². The van der Waals surface area contributed by atoms with E-state index in [9.17, 15) is 0 Å². The molecule has 0 saturated heterocycles. The second-order valence-electron chi connectivity index (χ2n) is 6.41. The first-order valence-electron chi connectivity index (χ1n) is 8.48. The number of aliphatic hydroxyl groups is 1. The fourth-order valence-electron chi connectivity index (χ4n) is 3.09. The molecule has 0 bridgehead atoms. The zero-order valence-corrected chi connectivity index (χ0v) is 15.5. The Morgan fingerprint density at radius 3 is 2.62 bits per heavy atom. The second kappa shape index (κ2) is 8.30. The fraction of sp³-hybridized carbons (Fsp3) is 0.647. The highest BCUT2D eigenvalue weighted by Gasteiger charge is 2.14. The van der Waals surface area contributed by atoms with Crippen LogP contribution >= 0.6 is 0 Å². The monoisotopic (exact) mass is 334 g/mol. The van der Waals surface area contributed by atoms with Crippen LogP contribution in [0.2, 0.25) is 0 Å². The minimum Gasteiger partial charge on any atom is -0.394 e. The quantitative estimate of drug-likeness (QED) is 0.670. The van der Waals surface area contributed by atoms with Crippen molar-refractivity contribution in [2.75, 3.05) is 32.1 Å². The molecule has 0 aliphatic heterocycles. The molecular weight excluding hydrogens is 304 g/mol. The summed E-state index contributed by atoms with van der Waals surface area (Å²) >= 11 is 0. The molecule has 0 unspecified atom stereocenters. The van der Waals surface area contributed by atoms with Gasteiger partial charge in [0.1, 0.15) is 5.82 Å². The number of hydrogen-bond donors (Lipinski definition) is 2. The zero-order chi connectivity index (χ0) is 17.7. The van der Waals surface area contributed by atoms with Crippen LogP contribution in [0.3, 0.4) is 0 Å². The minimum atomic E-state index is 0.126. The smallest absolute Gasteiger partial charge is 0.130 e. The molecule has 2 rings (SSSR count). The lowest BCUT2D eigenvalue weighted by molar-refractivity contribution is 0.269. The molecular formula is C17H30N6O. The van der Waals surface area contributed by atoms with Gasteiger partial charge in [0.05, 0.1) is 24.5 Å². The van der Waals surface area contributed by atoms with Crippen molar-refractivity contribution in [3.63, 3.8) is 0 Å². The standard InChI is InChI=1S/C17H30N6O/c1-13-15(12-23(20-13)9-10-24)7-6-8-18-11-16-14(2)19-22(5)17(16)21(3)4/h12,18,24H,6-11H2,1-5H3. The van der Waals surface area contributed by atoms with Crippen LogP contribution in [0.1, 0.15) is 28.9 Å². The topological polar surface area (TPSA) is 71.1 Å². The summed E-state index contributed by atoms with van der Waals surface area (Å²) in [7, 11) is 6.08. The van der Waals surface area contributed by atoms with Gasteiger partial charge in [-0.2, -0.15) is 10.2 Å². The van der Waals surface area contributed by atoms with E-state index in [1.165, 1.54) is 11.1 Å². The highest BCUT2D eigenvalue weighted by Crippen LogP contribution is 2.20. The third-order valence-electron chi connectivity index (χ3n) is 4.22. The lowest BCUT2D eigenvalue weighted by atomic mass is 10.1. The van der Waals surface area contributed by atoms with Crippen molar-refractivity contribution in [1.29, 1.82) is 0 Å². The van der Waals surface area contributed by atoms with Crippen molar-refractivity contribution in [3.05, 3.63) is 28.7 Å². The molecule has 0 saturated carbocycles. The summed E-state index contributed by atoms with van der Waals surface area (Å²) < 4.78 is 3.76. The molecule has 0 aliphatic carbocycles. The Morgan fingerprint density at radius 1 is 1.21 bits per heavy atom. The predicted octanol–water partition coefficient (Wildman–Crippen LogP) is 1.01. The molecule has 0 aliphatic rings. The molecule has 0 atom stereocenters. The largest absolute Gasteiger partial charge is 0.394 e. The van der Waals surface area contributed by atoms with Crippen LogP contribution < -0.4 is 10.2 Å². The first kappa shape index (κ1) is 18.5. The minimum absolute atomic E-state index is 0.126. The maximum Gasteiger partial charge on any atom is 0.130 e. The van der Waals surface area contributed by atoms with E-state index in [4.69, 9.17) is 5.11 Å². The van der Waals surface area contributed by atoms with Crippen molar-refractivity contribution >= 4 is 5.82 Å². The first-order valence-corrected chi connectivity index (χ1v) is 8.48. The zero-order valence-electron chi connectivity index (χ0n) is 15.5. The highest BCUT2D eigenvalue weighted by atomic mass is 16.3. The molecule has 2 N–H and O–H groups in total. The van der Waals surface area contributed by atoms with E-state index in [1.54, 1.807) is 0 Å². The first-order chi connectivity index (χ1) is 11.4. The van der Waals surface area contributed by atoms with Gasteiger partial charge < -0.3 is 15.3 Å². The number of aromatic nitrogens is 4. The maximum atomic E-state index is 8.98. The molecule has 0 radical (unpaired) electrons. The van der Waals surface area contributed by atoms with E-state index in [0.717, 1.165) is 43.1 Å². The summed E-state index contributed by atoms with van der Waals surface area (Å²) in [5.41, 5.74) is 4.66. The van der Waals surface area contributed by atoms with Crippen molar-refractivity contribution in [1.82, 2.24) is 24.9 Å². The molecule has 2 aromatic heterocycles. The molecule has 0 spiro atoms. The van der Waals surface area contributed by atoms with Gasteiger partial charge in [0.25, 0.3) is 0 Å². The average Bonchev–Trinajstić information content (AvgIpc) is 2.98. The van der Waals surface area contributed by atoms with Crippen LogP contribution in [0, 0.1) is 13.8 Å². The normalized spacial score (nSPS) is 11.2. The van der Waals surface area contributed by atoms with Gasteiger partial charge in [0.15, 0.2) is 0 Å². The number of hydrogen-bond acceptors (Lipinski definition) is 5. The van der Waals surface area contributed by atoms with Gasteiger partial charge in [-0.1, -0.05) is 0 Å². The number of aryl methyl sites for hydroxylation is 4. The van der Waals surface area contributed by atoms with E-state index in [0.29, 0.717) is 6.54 Å². The number of aliphatic hydroxyl groups excluding tert-OH is 1. The van der Waals surface area contributed by atoms with Gasteiger partial charge >= 0.3 is 0 Å². The van der Waals surface area contributed by atoms with Crippen molar-refractivity contribution in [2.24, 2.45) is 7.05 Å². The van der Waals surface area contributed by atoms with Crippen LogP contribution in [-0.2, 0) is 26.6 Å². The van der Waals surface area contributed by atoms with Crippen LogP contribution in [0.5, 0.6) is 0 Å². The second-order valence-corrected chi connectivity index (χ2v) is 6.41. The molecule has 7 nitrogen and oxygen atoms in total. The lowest BCUT2D eigenvalue weighted by Crippen LogP contribution is -2.20. The Morgan fingerprint density at radius 2 is 1.96 bits per heavy atom. The van der Waals surface area contributed by atoms with Crippen LogP contribution in [-0.4, -0.2) is 51.9 Å². The van der Waals surface area contributed by atoms with Crippen molar-refractivity contribution < 1.29 is 5.11 Å². The Labute approximate surface area is 144 Å². The molecule has 2 aromatic rings. The van der Waals surface area contributed by atoms with Gasteiger partial charge in [-0.15, -0.1) is 0 Å². The van der Waals surface area contributed by atoms with E-state index in [1.807, 2.05) is 43.6 Å². The Hall–Kier alpha value is -1.86. The van der Waals surface area contributed by atoms with Crippen molar-refractivity contribution in [2.45, 2.75) is 39.8 Å². The van der Waals surface area contributed by atoms with Gasteiger partial charge in [-0.3, -0.25) is 9.36 Å². The number of nitrogens with zero attached hydrogens (tertiary/aromatic N) is 5. The molecule has 0 aromatic carbocycles. The summed E-state index contributed by atoms with van der Waals surface area (Å²) in [6.07, 6.45) is 4.10. The number of nitrogens with one attached hydrogen (secondary N) is 1. The van der Waals surface area contributed by atoms with E-state index >= 15 is 0 Å². The third-order valence-corrected chi connectivity index (χ3v) is 4.22. The summed E-state index contributed by atoms with van der Waals surface area (Å²) in [6, 6.07) is 0. The maximum absolute atomic E-state index is 8.98. The summed E-state index contributed by atoms with van der Waals surface area (Å²) in [5.74, 6) is 1.15. The van der Waals surface area contributed by atoms with E-state index < -0.39 is 0 Å². The lowest BCUT2D eigenvalue weighted by Gasteiger charge is -2.15. The van der Waals surface area contributed by atoms with Crippen LogP contribution in [0.25, 0.3) is 0 Å². The van der Waals surface area contributed by atoms with Gasteiger partial charge in [0, 0.05) is 39.4 Å². The Kier molecular flexibility index (Phi) is 6.39. The third kappa shape index (κ3) is 4.36. The van der Waals surface area contributed by atoms with Gasteiger partial charge in [-0.05, 0) is 38.8 Å². The predicted molar refractivity (Wildman–Crippen MR) is 96.3 cm³/mol. The molecule has 7 heteroatoms. The highest BCUT2D eigenvalue weighted by molar-refractivity contribution is 5.48. The Balaban J connectivity index is 1.82. The summed E-state index contributed by atoms with van der Waals surface area (Å²) in [4.78, 5) is 2.11. The van der Waals surface area contributed by atoms with Gasteiger partial charge in [0.2, 0.25) is 0 Å². The molecule has 134 valence electrons. The number of rotatable bonds is 9. The Bertz CT molecular complexity index is 658. The van der Waals surface area contributed by atoms with Gasteiger partial charge in [-0.25, -0.2) is 0 Å². The number of anilines is 1. The molecule has 2 heterocycles. The summed E-state index contributed by atoms with van der Waals surface area (Å²) in [5, 5.41) is 21.4. The molecule has 0 amide bonds. The SMILES string of the molecule is Cc1nn(CCO)cc1CCCNCc1c(C)nn(C)c1N(C)C. The molecule has 0 fully saturated rings. The van der Waals surface area contributed by atoms with Crippen molar-refractivity contribution in [3.8, 4) is 0 Å². The molecule has 24 heavy (non-hydrogen) atoms.